The summed E-state index contributed by atoms with van der Waals surface area (Å²) in [6, 6.07) is 9.51. The lowest BCUT2D eigenvalue weighted by Crippen LogP contribution is -2.42. The second-order valence-electron chi connectivity index (χ2n) is 8.46. The van der Waals surface area contributed by atoms with Crippen LogP contribution in [0.25, 0.3) is 0 Å². The molecule has 1 saturated heterocycles. The summed E-state index contributed by atoms with van der Waals surface area (Å²) in [5.74, 6) is 2.45. The van der Waals surface area contributed by atoms with E-state index in [1.165, 1.54) is 12.1 Å². The first-order valence-electron chi connectivity index (χ1n) is 11.0. The van der Waals surface area contributed by atoms with Gasteiger partial charge in [0.05, 0.1) is 7.11 Å². The molecule has 0 bridgehead atoms. The lowest BCUT2D eigenvalue weighted by molar-refractivity contribution is 0.173. The van der Waals surface area contributed by atoms with Crippen molar-refractivity contribution >= 4 is 11.6 Å². The molecule has 0 amide bonds. The molecule has 1 unspecified atom stereocenters. The fourth-order valence-corrected chi connectivity index (χ4v) is 4.08. The van der Waals surface area contributed by atoms with Crippen LogP contribution in [0.1, 0.15) is 40.5 Å². The molecule has 1 heterocycles. The zero-order chi connectivity index (χ0) is 21.2. The van der Waals surface area contributed by atoms with Crippen LogP contribution in [0, 0.1) is 5.92 Å². The highest BCUT2D eigenvalue weighted by molar-refractivity contribution is 5.79. The van der Waals surface area contributed by atoms with Crippen LogP contribution in [0.5, 0.6) is 5.75 Å². The fraction of sp³-hybridized carbons (Fsp3) is 0.696. The number of nitrogens with one attached hydrogen (secondary N) is 2. The minimum Gasteiger partial charge on any atom is -0.497 e. The average Bonchev–Trinajstić information content (AvgIpc) is 3.18. The third kappa shape index (κ3) is 7.42. The van der Waals surface area contributed by atoms with Gasteiger partial charge >= 0.3 is 0 Å². The molecular weight excluding hydrogens is 362 g/mol. The van der Waals surface area contributed by atoms with Crippen molar-refractivity contribution in [3.63, 3.8) is 0 Å². The maximum atomic E-state index is 5.36. The van der Waals surface area contributed by atoms with Gasteiger partial charge in [-0.1, -0.05) is 6.07 Å². The van der Waals surface area contributed by atoms with Gasteiger partial charge in [0.2, 0.25) is 0 Å². The molecule has 1 aromatic carbocycles. The van der Waals surface area contributed by atoms with Crippen molar-refractivity contribution in [1.29, 1.82) is 0 Å². The van der Waals surface area contributed by atoms with Crippen LogP contribution in [0.3, 0.4) is 0 Å². The molecule has 0 radical (unpaired) electrons. The number of rotatable bonds is 10. The highest BCUT2D eigenvalue weighted by Gasteiger charge is 2.23. The van der Waals surface area contributed by atoms with E-state index in [1.807, 2.05) is 13.1 Å². The van der Waals surface area contributed by atoms with Crippen LogP contribution in [-0.2, 0) is 0 Å². The summed E-state index contributed by atoms with van der Waals surface area (Å²) < 4.78 is 5.36. The number of methoxy groups -OCH3 is 1. The van der Waals surface area contributed by atoms with Gasteiger partial charge in [0.15, 0.2) is 5.96 Å². The quantitative estimate of drug-likeness (QED) is 0.357. The zero-order valence-electron chi connectivity index (χ0n) is 19.2. The van der Waals surface area contributed by atoms with Crippen molar-refractivity contribution in [1.82, 2.24) is 15.5 Å². The topological polar surface area (TPSA) is 52.1 Å². The van der Waals surface area contributed by atoms with Gasteiger partial charge in [0.1, 0.15) is 5.75 Å². The molecule has 0 spiro atoms. The normalized spacial score (nSPS) is 17.5. The van der Waals surface area contributed by atoms with E-state index in [-0.39, 0.29) is 0 Å². The van der Waals surface area contributed by atoms with Gasteiger partial charge in [-0.25, -0.2) is 0 Å². The lowest BCUT2D eigenvalue weighted by atomic mass is 10.1. The molecule has 6 heteroatoms. The van der Waals surface area contributed by atoms with Crippen LogP contribution in [0.15, 0.2) is 29.3 Å². The number of ether oxygens (including phenoxy) is 1. The molecule has 29 heavy (non-hydrogen) atoms. The van der Waals surface area contributed by atoms with Crippen molar-refractivity contribution in [3.05, 3.63) is 24.3 Å². The number of hydrogen-bond acceptors (Lipinski definition) is 4. The minimum atomic E-state index is 0.585. The summed E-state index contributed by atoms with van der Waals surface area (Å²) in [5, 5.41) is 6.98. The van der Waals surface area contributed by atoms with Gasteiger partial charge in [-0.15, -0.1) is 0 Å². The number of aliphatic imine (C=N–C) groups is 1. The van der Waals surface area contributed by atoms with Crippen molar-refractivity contribution in [2.45, 2.75) is 52.6 Å². The number of guanidine groups is 1. The number of hydrogen-bond donors (Lipinski definition) is 2. The van der Waals surface area contributed by atoms with Crippen LogP contribution in [0.2, 0.25) is 0 Å². The van der Waals surface area contributed by atoms with Crippen LogP contribution >= 0.6 is 0 Å². The van der Waals surface area contributed by atoms with Gasteiger partial charge in [-0.05, 0) is 58.6 Å². The number of nitrogens with zero attached hydrogens (tertiary/aromatic N) is 3. The molecule has 0 aromatic heterocycles. The fourth-order valence-electron chi connectivity index (χ4n) is 4.08. The third-order valence-corrected chi connectivity index (χ3v) is 5.70. The lowest BCUT2D eigenvalue weighted by Gasteiger charge is -2.30. The van der Waals surface area contributed by atoms with Crippen LogP contribution < -0.4 is 20.3 Å². The van der Waals surface area contributed by atoms with Gasteiger partial charge in [0, 0.05) is 63.6 Å². The Morgan fingerprint density at radius 3 is 2.66 bits per heavy atom. The van der Waals surface area contributed by atoms with Gasteiger partial charge in [0.25, 0.3) is 0 Å². The standard InChI is InChI=1S/C23H41N5O/c1-18(2)28(19(3)4)13-8-12-25-23(24-5)26-16-20-11-14-27(17-20)21-9-7-10-22(15-21)29-6/h7,9-10,15,18-20H,8,11-14,16-17H2,1-6H3,(H2,24,25,26). The van der Waals surface area contributed by atoms with E-state index in [2.05, 4.69) is 71.3 Å². The zero-order valence-corrected chi connectivity index (χ0v) is 19.2. The van der Waals surface area contributed by atoms with E-state index in [4.69, 9.17) is 4.74 Å². The number of benzene rings is 1. The molecule has 2 N–H and O–H groups in total. The van der Waals surface area contributed by atoms with E-state index >= 15 is 0 Å². The molecular formula is C23H41N5O. The molecule has 1 aliphatic heterocycles. The van der Waals surface area contributed by atoms with Gasteiger partial charge < -0.3 is 20.3 Å². The first-order chi connectivity index (χ1) is 13.9. The predicted octanol–water partition coefficient (Wildman–Crippen LogP) is 3.20. The van der Waals surface area contributed by atoms with Gasteiger partial charge in [-0.3, -0.25) is 9.89 Å². The summed E-state index contributed by atoms with van der Waals surface area (Å²) in [5.41, 5.74) is 1.24. The SMILES string of the molecule is CN=C(NCCCN(C(C)C)C(C)C)NCC1CCN(c2cccc(OC)c2)C1. The Bertz CT molecular complexity index is 623. The Morgan fingerprint density at radius 1 is 1.24 bits per heavy atom. The Hall–Kier alpha value is -1.95. The van der Waals surface area contributed by atoms with Crippen molar-refractivity contribution in [3.8, 4) is 5.75 Å². The van der Waals surface area contributed by atoms with Crippen molar-refractivity contribution < 1.29 is 4.74 Å². The summed E-state index contributed by atoms with van der Waals surface area (Å²) >= 11 is 0. The first-order valence-corrected chi connectivity index (χ1v) is 11.0. The Balaban J connectivity index is 1.70. The molecule has 164 valence electrons. The predicted molar refractivity (Wildman–Crippen MR) is 124 cm³/mol. The molecule has 1 fully saturated rings. The average molecular weight is 404 g/mol. The van der Waals surface area contributed by atoms with Gasteiger partial charge in [-0.2, -0.15) is 0 Å². The molecule has 1 aliphatic rings. The highest BCUT2D eigenvalue weighted by atomic mass is 16.5. The van der Waals surface area contributed by atoms with E-state index in [9.17, 15) is 0 Å². The maximum Gasteiger partial charge on any atom is 0.190 e. The minimum absolute atomic E-state index is 0.585. The Kier molecular flexibility index (Phi) is 9.58. The number of anilines is 1. The maximum absolute atomic E-state index is 5.36. The van der Waals surface area contributed by atoms with Crippen LogP contribution in [0.4, 0.5) is 5.69 Å². The summed E-state index contributed by atoms with van der Waals surface area (Å²) in [4.78, 5) is 9.36. The monoisotopic (exact) mass is 403 g/mol. The third-order valence-electron chi connectivity index (χ3n) is 5.70. The van der Waals surface area contributed by atoms with E-state index in [0.717, 1.165) is 50.9 Å². The second kappa shape index (κ2) is 11.9. The molecule has 6 nitrogen and oxygen atoms in total. The molecule has 0 saturated carbocycles. The second-order valence-corrected chi connectivity index (χ2v) is 8.46. The molecule has 1 aromatic rings. The Labute approximate surface area is 177 Å². The van der Waals surface area contributed by atoms with Crippen molar-refractivity contribution in [2.24, 2.45) is 10.9 Å². The highest BCUT2D eigenvalue weighted by Crippen LogP contribution is 2.26. The van der Waals surface area contributed by atoms with E-state index in [1.54, 1.807) is 7.11 Å². The van der Waals surface area contributed by atoms with Crippen LogP contribution in [-0.4, -0.2) is 69.8 Å². The first kappa shape index (κ1) is 23.3. The Morgan fingerprint density at radius 2 is 2.00 bits per heavy atom. The summed E-state index contributed by atoms with van der Waals surface area (Å²) in [6.45, 7) is 14.2. The summed E-state index contributed by atoms with van der Waals surface area (Å²) in [7, 11) is 3.57. The van der Waals surface area contributed by atoms with E-state index in [0.29, 0.717) is 18.0 Å². The summed E-state index contributed by atoms with van der Waals surface area (Å²) in [6.07, 6.45) is 2.31. The largest absolute Gasteiger partial charge is 0.497 e. The molecule has 0 aliphatic carbocycles. The molecule has 2 rings (SSSR count). The smallest absolute Gasteiger partial charge is 0.190 e. The molecule has 1 atom stereocenters. The van der Waals surface area contributed by atoms with Crippen molar-refractivity contribution in [2.75, 3.05) is 51.8 Å². The van der Waals surface area contributed by atoms with E-state index < -0.39 is 0 Å².